The first-order chi connectivity index (χ1) is 8.13. The van der Waals surface area contributed by atoms with E-state index in [1.54, 1.807) is 17.0 Å². The molecular formula is C12H14BrFN2O. The molecular weight excluding hydrogens is 287 g/mol. The monoisotopic (exact) mass is 300 g/mol. The molecule has 0 radical (unpaired) electrons. The molecule has 0 saturated carbocycles. The van der Waals surface area contributed by atoms with Crippen molar-refractivity contribution >= 4 is 21.8 Å². The zero-order valence-electron chi connectivity index (χ0n) is 9.33. The molecule has 2 rings (SSSR count). The van der Waals surface area contributed by atoms with Crippen LogP contribution in [0.2, 0.25) is 0 Å². The van der Waals surface area contributed by atoms with Gasteiger partial charge in [-0.3, -0.25) is 4.79 Å². The average Bonchev–Trinajstić information content (AvgIpc) is 2.80. The van der Waals surface area contributed by atoms with Gasteiger partial charge in [0.15, 0.2) is 0 Å². The summed E-state index contributed by atoms with van der Waals surface area (Å²) >= 11 is 3.07. The number of hydrogen-bond donors (Lipinski definition) is 1. The van der Waals surface area contributed by atoms with Crippen LogP contribution in [-0.2, 0) is 0 Å². The largest absolute Gasteiger partial charge is 0.334 e. The van der Waals surface area contributed by atoms with E-state index in [0.29, 0.717) is 23.1 Å². The first kappa shape index (κ1) is 12.5. The van der Waals surface area contributed by atoms with E-state index in [9.17, 15) is 9.18 Å². The van der Waals surface area contributed by atoms with E-state index in [4.69, 9.17) is 5.73 Å². The topological polar surface area (TPSA) is 46.3 Å². The second-order valence-corrected chi connectivity index (χ2v) is 5.01. The van der Waals surface area contributed by atoms with E-state index in [1.807, 2.05) is 0 Å². The van der Waals surface area contributed by atoms with E-state index in [2.05, 4.69) is 15.9 Å². The van der Waals surface area contributed by atoms with Crippen LogP contribution in [0.1, 0.15) is 23.2 Å². The molecule has 1 amide bonds. The third-order valence-electron chi connectivity index (χ3n) is 3.08. The number of carbonyl (C=O) groups excluding carboxylic acids is 1. The second kappa shape index (κ2) is 5.14. The smallest absolute Gasteiger partial charge is 0.254 e. The third kappa shape index (κ3) is 2.50. The van der Waals surface area contributed by atoms with Crippen LogP contribution in [0, 0.1) is 5.82 Å². The number of halogens is 2. The summed E-state index contributed by atoms with van der Waals surface area (Å²) in [6, 6.07) is 4.53. The molecule has 1 heterocycles. The Balaban J connectivity index is 2.21. The number of amides is 1. The Morgan fingerprint density at radius 2 is 2.35 bits per heavy atom. The number of likely N-dealkylation sites (tertiary alicyclic amines) is 1. The molecule has 1 saturated heterocycles. The van der Waals surface area contributed by atoms with Gasteiger partial charge in [-0.05, 0) is 47.0 Å². The van der Waals surface area contributed by atoms with Crippen molar-refractivity contribution in [1.29, 1.82) is 0 Å². The Morgan fingerprint density at radius 3 is 3.00 bits per heavy atom. The molecule has 0 spiro atoms. The van der Waals surface area contributed by atoms with Crippen LogP contribution in [0.25, 0.3) is 0 Å². The minimum Gasteiger partial charge on any atom is -0.334 e. The summed E-state index contributed by atoms with van der Waals surface area (Å²) in [6.45, 7) is 1.17. The fourth-order valence-corrected chi connectivity index (χ4v) is 2.39. The predicted molar refractivity (Wildman–Crippen MR) is 67.2 cm³/mol. The maximum Gasteiger partial charge on any atom is 0.254 e. The first-order valence-corrected chi connectivity index (χ1v) is 6.39. The van der Waals surface area contributed by atoms with Crippen molar-refractivity contribution in [2.75, 3.05) is 13.1 Å². The fourth-order valence-electron chi connectivity index (χ4n) is 2.14. The summed E-state index contributed by atoms with van der Waals surface area (Å²) in [6.07, 6.45) is 1.90. The standard InChI is InChI=1S/C12H14BrFN2O/c13-10-4-3-8(6-11(10)14)12(17)16-5-1-2-9(16)7-15/h3-4,6,9H,1-2,5,7,15H2/t9-/m0/s1. The fraction of sp³-hybridized carbons (Fsp3) is 0.417. The SMILES string of the molecule is NC[C@@H]1CCCN1C(=O)c1ccc(Br)c(F)c1. The summed E-state index contributed by atoms with van der Waals surface area (Å²) in [7, 11) is 0. The van der Waals surface area contributed by atoms with Gasteiger partial charge in [0.05, 0.1) is 4.47 Å². The number of hydrogen-bond acceptors (Lipinski definition) is 2. The summed E-state index contributed by atoms with van der Waals surface area (Å²) in [5.41, 5.74) is 6.00. The van der Waals surface area contributed by atoms with Gasteiger partial charge < -0.3 is 10.6 Å². The molecule has 1 aromatic rings. The summed E-state index contributed by atoms with van der Waals surface area (Å²) in [4.78, 5) is 13.9. The average molecular weight is 301 g/mol. The highest BCUT2D eigenvalue weighted by Crippen LogP contribution is 2.22. The van der Waals surface area contributed by atoms with Crippen molar-refractivity contribution in [1.82, 2.24) is 4.90 Å². The molecule has 1 fully saturated rings. The molecule has 0 bridgehead atoms. The second-order valence-electron chi connectivity index (χ2n) is 4.16. The van der Waals surface area contributed by atoms with Crippen molar-refractivity contribution < 1.29 is 9.18 Å². The number of benzene rings is 1. The lowest BCUT2D eigenvalue weighted by molar-refractivity contribution is 0.0740. The number of nitrogens with two attached hydrogens (primary N) is 1. The van der Waals surface area contributed by atoms with Gasteiger partial charge >= 0.3 is 0 Å². The minimum absolute atomic E-state index is 0.0919. The lowest BCUT2D eigenvalue weighted by Gasteiger charge is -2.23. The van der Waals surface area contributed by atoms with Crippen molar-refractivity contribution in [3.8, 4) is 0 Å². The van der Waals surface area contributed by atoms with Gasteiger partial charge in [-0.15, -0.1) is 0 Å². The third-order valence-corrected chi connectivity index (χ3v) is 3.72. The maximum absolute atomic E-state index is 13.4. The Bertz CT molecular complexity index is 439. The van der Waals surface area contributed by atoms with Crippen molar-refractivity contribution in [2.45, 2.75) is 18.9 Å². The molecule has 2 N–H and O–H groups in total. The number of carbonyl (C=O) groups is 1. The number of nitrogens with zero attached hydrogens (tertiary/aromatic N) is 1. The normalized spacial score (nSPS) is 19.7. The van der Waals surface area contributed by atoms with Crippen molar-refractivity contribution in [3.05, 3.63) is 34.1 Å². The van der Waals surface area contributed by atoms with Crippen LogP contribution in [0.15, 0.2) is 22.7 Å². The molecule has 1 aliphatic rings. The van der Waals surface area contributed by atoms with Gasteiger partial charge in [-0.1, -0.05) is 0 Å². The van der Waals surface area contributed by atoms with Crippen LogP contribution in [0.5, 0.6) is 0 Å². The van der Waals surface area contributed by atoms with Gasteiger partial charge in [-0.25, -0.2) is 4.39 Å². The summed E-state index contributed by atoms with van der Waals surface area (Å²) in [5.74, 6) is -0.552. The van der Waals surface area contributed by atoms with E-state index in [0.717, 1.165) is 12.8 Å². The maximum atomic E-state index is 13.4. The Morgan fingerprint density at radius 1 is 1.59 bits per heavy atom. The first-order valence-electron chi connectivity index (χ1n) is 5.59. The number of rotatable bonds is 2. The van der Waals surface area contributed by atoms with Crippen LogP contribution in [0.3, 0.4) is 0 Å². The minimum atomic E-state index is -0.417. The van der Waals surface area contributed by atoms with E-state index < -0.39 is 5.82 Å². The zero-order valence-corrected chi connectivity index (χ0v) is 10.9. The lowest BCUT2D eigenvalue weighted by Crippen LogP contribution is -2.39. The predicted octanol–water partition coefficient (Wildman–Crippen LogP) is 2.15. The molecule has 1 aromatic carbocycles. The van der Waals surface area contributed by atoms with Gasteiger partial charge in [0.25, 0.3) is 5.91 Å². The van der Waals surface area contributed by atoms with Crippen LogP contribution < -0.4 is 5.73 Å². The van der Waals surface area contributed by atoms with Crippen LogP contribution >= 0.6 is 15.9 Å². The van der Waals surface area contributed by atoms with Crippen LogP contribution in [0.4, 0.5) is 4.39 Å². The van der Waals surface area contributed by atoms with Gasteiger partial charge in [0, 0.05) is 24.7 Å². The molecule has 17 heavy (non-hydrogen) atoms. The van der Waals surface area contributed by atoms with E-state index >= 15 is 0 Å². The summed E-state index contributed by atoms with van der Waals surface area (Å²) in [5, 5.41) is 0. The molecule has 1 aliphatic heterocycles. The highest BCUT2D eigenvalue weighted by Gasteiger charge is 2.28. The molecule has 0 aliphatic carbocycles. The van der Waals surface area contributed by atoms with Crippen molar-refractivity contribution in [2.24, 2.45) is 5.73 Å². The molecule has 0 unspecified atom stereocenters. The molecule has 1 atom stereocenters. The van der Waals surface area contributed by atoms with Gasteiger partial charge in [0.2, 0.25) is 0 Å². The van der Waals surface area contributed by atoms with Crippen LogP contribution in [-0.4, -0.2) is 29.9 Å². The highest BCUT2D eigenvalue weighted by molar-refractivity contribution is 9.10. The molecule has 92 valence electrons. The van der Waals surface area contributed by atoms with Gasteiger partial charge in [-0.2, -0.15) is 0 Å². The molecule has 5 heteroatoms. The van der Waals surface area contributed by atoms with Gasteiger partial charge in [0.1, 0.15) is 5.82 Å². The van der Waals surface area contributed by atoms with E-state index in [-0.39, 0.29) is 11.9 Å². The quantitative estimate of drug-likeness (QED) is 0.910. The highest BCUT2D eigenvalue weighted by atomic mass is 79.9. The Kier molecular flexibility index (Phi) is 3.79. The van der Waals surface area contributed by atoms with Crippen molar-refractivity contribution in [3.63, 3.8) is 0 Å². The Labute approximate surface area is 108 Å². The lowest BCUT2D eigenvalue weighted by atomic mass is 10.1. The molecule has 3 nitrogen and oxygen atoms in total. The molecule has 0 aromatic heterocycles. The zero-order chi connectivity index (χ0) is 12.4. The Hall–Kier alpha value is -0.940. The summed E-state index contributed by atoms with van der Waals surface area (Å²) < 4.78 is 13.7. The van der Waals surface area contributed by atoms with E-state index in [1.165, 1.54) is 6.07 Å².